The summed E-state index contributed by atoms with van der Waals surface area (Å²) < 4.78 is 66.9. The third-order valence-electron chi connectivity index (χ3n) is 5.29. The van der Waals surface area contributed by atoms with Crippen LogP contribution in [-0.4, -0.2) is 43.5 Å². The van der Waals surface area contributed by atoms with Gasteiger partial charge in [0.25, 0.3) is 5.91 Å². The van der Waals surface area contributed by atoms with Crippen molar-refractivity contribution >= 4 is 39.0 Å². The van der Waals surface area contributed by atoms with Crippen molar-refractivity contribution in [3.63, 3.8) is 0 Å². The van der Waals surface area contributed by atoms with Crippen molar-refractivity contribution in [2.75, 3.05) is 20.8 Å². The number of aromatic nitrogens is 1. The van der Waals surface area contributed by atoms with Crippen LogP contribution in [0.5, 0.6) is 5.75 Å². The Labute approximate surface area is 180 Å². The van der Waals surface area contributed by atoms with E-state index in [1.807, 2.05) is 0 Å². The number of imide groups is 1. The van der Waals surface area contributed by atoms with E-state index in [1.54, 1.807) is 6.92 Å². The quantitative estimate of drug-likeness (QED) is 0.673. The molecule has 2 aromatic rings. The van der Waals surface area contributed by atoms with Gasteiger partial charge in [0.05, 0.1) is 29.5 Å². The standard InChI is InChI=1S/C19H17F3N4O5S/c1-11-9-18(11)16(27)25(12-3-5-13(6-4-12)31-19(20,21)22)17(28)26(18)15-7-8-23-10-14(15)24-32(2,29)30/h3-8,10-11,24H,9H2,1-2H3. The van der Waals surface area contributed by atoms with Crippen LogP contribution in [0.15, 0.2) is 42.7 Å². The second-order valence-electron chi connectivity index (χ2n) is 7.60. The predicted molar refractivity (Wildman–Crippen MR) is 108 cm³/mol. The Bertz CT molecular complexity index is 1200. The van der Waals surface area contributed by atoms with E-state index in [-0.39, 0.29) is 23.0 Å². The average molecular weight is 470 g/mol. The number of anilines is 3. The summed E-state index contributed by atoms with van der Waals surface area (Å²) in [4.78, 5) is 32.6. The number of amides is 3. The van der Waals surface area contributed by atoms with Gasteiger partial charge in [0.2, 0.25) is 10.0 Å². The minimum Gasteiger partial charge on any atom is -0.406 e. The van der Waals surface area contributed by atoms with E-state index in [2.05, 4.69) is 14.4 Å². The molecule has 2 aliphatic rings. The van der Waals surface area contributed by atoms with Gasteiger partial charge in [0.15, 0.2) is 0 Å². The monoisotopic (exact) mass is 470 g/mol. The number of nitrogens with one attached hydrogen (secondary N) is 1. The average Bonchev–Trinajstić information content (AvgIpc) is 3.28. The third kappa shape index (κ3) is 3.72. The van der Waals surface area contributed by atoms with Crippen LogP contribution in [0.2, 0.25) is 0 Å². The van der Waals surface area contributed by atoms with Crippen LogP contribution < -0.4 is 19.3 Å². The molecule has 1 saturated carbocycles. The predicted octanol–water partition coefficient (Wildman–Crippen LogP) is 3.10. The summed E-state index contributed by atoms with van der Waals surface area (Å²) in [6.45, 7) is 1.77. The van der Waals surface area contributed by atoms with E-state index >= 15 is 0 Å². The second-order valence-corrected chi connectivity index (χ2v) is 9.35. The highest BCUT2D eigenvalue weighted by molar-refractivity contribution is 7.92. The minimum absolute atomic E-state index is 0.0189. The van der Waals surface area contributed by atoms with Gasteiger partial charge in [-0.2, -0.15) is 0 Å². The third-order valence-corrected chi connectivity index (χ3v) is 5.88. The van der Waals surface area contributed by atoms with Crippen LogP contribution in [0.25, 0.3) is 0 Å². The van der Waals surface area contributed by atoms with Crippen molar-refractivity contribution in [2.24, 2.45) is 5.92 Å². The maximum Gasteiger partial charge on any atom is 0.573 e. The van der Waals surface area contributed by atoms with E-state index in [1.165, 1.54) is 35.5 Å². The zero-order valence-electron chi connectivity index (χ0n) is 16.8. The molecule has 1 aromatic carbocycles. The van der Waals surface area contributed by atoms with Gasteiger partial charge in [-0.3, -0.25) is 19.4 Å². The van der Waals surface area contributed by atoms with Gasteiger partial charge in [-0.05, 0) is 42.7 Å². The smallest absolute Gasteiger partial charge is 0.406 e. The number of urea groups is 1. The van der Waals surface area contributed by atoms with Gasteiger partial charge < -0.3 is 4.74 Å². The number of alkyl halides is 3. The van der Waals surface area contributed by atoms with Crippen molar-refractivity contribution in [1.29, 1.82) is 0 Å². The lowest BCUT2D eigenvalue weighted by atomic mass is 10.1. The Morgan fingerprint density at radius 2 is 1.81 bits per heavy atom. The number of pyridine rings is 1. The first-order chi connectivity index (χ1) is 14.8. The van der Waals surface area contributed by atoms with Gasteiger partial charge in [0, 0.05) is 6.20 Å². The Balaban J connectivity index is 1.73. The molecule has 1 N–H and O–H groups in total. The molecule has 3 amide bonds. The van der Waals surface area contributed by atoms with Crippen LogP contribution >= 0.6 is 0 Å². The molecule has 2 fully saturated rings. The molecule has 2 unspecified atom stereocenters. The number of ether oxygens (including phenoxy) is 1. The molecule has 2 heterocycles. The number of carbonyl (C=O) groups excluding carboxylic acids is 2. The molecule has 13 heteroatoms. The molecule has 2 atom stereocenters. The van der Waals surface area contributed by atoms with Crippen LogP contribution in [0.4, 0.5) is 35.0 Å². The van der Waals surface area contributed by atoms with Gasteiger partial charge in [0.1, 0.15) is 11.3 Å². The van der Waals surface area contributed by atoms with E-state index in [0.29, 0.717) is 6.42 Å². The van der Waals surface area contributed by atoms with E-state index < -0.39 is 39.6 Å². The van der Waals surface area contributed by atoms with Gasteiger partial charge >= 0.3 is 12.4 Å². The van der Waals surface area contributed by atoms with Crippen molar-refractivity contribution < 1.29 is 35.9 Å². The molecule has 9 nitrogen and oxygen atoms in total. The summed E-state index contributed by atoms with van der Waals surface area (Å²) in [6.07, 6.45) is -1.03. The van der Waals surface area contributed by atoms with Crippen molar-refractivity contribution in [3.05, 3.63) is 42.7 Å². The molecule has 170 valence electrons. The van der Waals surface area contributed by atoms with Gasteiger partial charge in [-0.25, -0.2) is 18.1 Å². The van der Waals surface area contributed by atoms with Crippen LogP contribution in [0, 0.1) is 5.92 Å². The first-order valence-electron chi connectivity index (χ1n) is 9.30. The molecule has 1 spiro atoms. The molecular formula is C19H17F3N4O5S. The van der Waals surface area contributed by atoms with Crippen LogP contribution in [0.3, 0.4) is 0 Å². The van der Waals surface area contributed by atoms with E-state index in [9.17, 15) is 31.2 Å². The molecule has 32 heavy (non-hydrogen) atoms. The molecular weight excluding hydrogens is 453 g/mol. The largest absolute Gasteiger partial charge is 0.573 e. The maximum absolute atomic E-state index is 13.4. The number of hydrogen-bond donors (Lipinski definition) is 1. The SMILES string of the molecule is CC1CC12C(=O)N(c1ccc(OC(F)(F)F)cc1)C(=O)N2c1ccncc1NS(C)(=O)=O. The summed E-state index contributed by atoms with van der Waals surface area (Å²) in [5.74, 6) is -1.28. The number of hydrogen-bond acceptors (Lipinski definition) is 6. The number of rotatable bonds is 5. The molecule has 4 rings (SSSR count). The number of nitrogens with zero attached hydrogens (tertiary/aromatic N) is 3. The lowest BCUT2D eigenvalue weighted by Crippen LogP contribution is -2.39. The maximum atomic E-state index is 13.4. The fraction of sp³-hybridized carbons (Fsp3) is 0.316. The lowest BCUT2D eigenvalue weighted by Gasteiger charge is -2.24. The van der Waals surface area contributed by atoms with Gasteiger partial charge in [-0.15, -0.1) is 13.2 Å². The highest BCUT2D eigenvalue weighted by Gasteiger charge is 2.70. The van der Waals surface area contributed by atoms with Crippen LogP contribution in [-0.2, 0) is 14.8 Å². The minimum atomic E-state index is -4.88. The van der Waals surface area contributed by atoms with Crippen molar-refractivity contribution in [1.82, 2.24) is 4.98 Å². The van der Waals surface area contributed by atoms with E-state index in [4.69, 9.17) is 0 Å². The second kappa shape index (κ2) is 7.08. The summed E-state index contributed by atoms with van der Waals surface area (Å²) in [7, 11) is -3.71. The molecule has 1 aromatic heterocycles. The van der Waals surface area contributed by atoms with E-state index in [0.717, 1.165) is 23.3 Å². The highest BCUT2D eigenvalue weighted by atomic mass is 32.2. The zero-order chi connectivity index (χ0) is 23.5. The normalized spacial score (nSPS) is 23.1. The first-order valence-corrected chi connectivity index (χ1v) is 11.2. The van der Waals surface area contributed by atoms with Crippen molar-refractivity contribution in [3.8, 4) is 5.75 Å². The Morgan fingerprint density at radius 1 is 1.19 bits per heavy atom. The topological polar surface area (TPSA) is 109 Å². The number of benzene rings is 1. The highest BCUT2D eigenvalue weighted by Crippen LogP contribution is 2.56. The molecule has 1 aliphatic heterocycles. The lowest BCUT2D eigenvalue weighted by molar-refractivity contribution is -0.274. The summed E-state index contributed by atoms with van der Waals surface area (Å²) in [5.41, 5.74) is -1.01. The van der Waals surface area contributed by atoms with Crippen LogP contribution in [0.1, 0.15) is 13.3 Å². The summed E-state index contributed by atoms with van der Waals surface area (Å²) in [6, 6.07) is 4.99. The molecule has 1 saturated heterocycles. The Morgan fingerprint density at radius 3 is 2.34 bits per heavy atom. The number of carbonyl (C=O) groups is 2. The number of sulfonamides is 1. The fourth-order valence-corrected chi connectivity index (χ4v) is 4.42. The first kappa shape index (κ1) is 21.9. The zero-order valence-corrected chi connectivity index (χ0v) is 17.6. The fourth-order valence-electron chi connectivity index (χ4n) is 3.87. The van der Waals surface area contributed by atoms with Crippen molar-refractivity contribution in [2.45, 2.75) is 25.2 Å². The van der Waals surface area contributed by atoms with Gasteiger partial charge in [-0.1, -0.05) is 6.92 Å². The molecule has 0 radical (unpaired) electrons. The summed E-state index contributed by atoms with van der Waals surface area (Å²) in [5, 5.41) is 0. The molecule has 0 bridgehead atoms. The summed E-state index contributed by atoms with van der Waals surface area (Å²) >= 11 is 0. The number of halogens is 3. The Hall–Kier alpha value is -3.35. The molecule has 1 aliphatic carbocycles. The Kier molecular flexibility index (Phi) is 4.84.